The van der Waals surface area contributed by atoms with Gasteiger partial charge in [0, 0.05) is 6.04 Å². The van der Waals surface area contributed by atoms with E-state index in [1.807, 2.05) is 19.1 Å². The van der Waals surface area contributed by atoms with Gasteiger partial charge in [0.05, 0.1) is 12.3 Å². The Morgan fingerprint density at radius 3 is 2.83 bits per heavy atom. The summed E-state index contributed by atoms with van der Waals surface area (Å²) in [6, 6.07) is 8.90. The van der Waals surface area contributed by atoms with Crippen LogP contribution in [-0.2, 0) is 0 Å². The molecule has 1 aliphatic carbocycles. The SMILES string of the molecule is CCOc1ccccc1NC1CCCC(CC)C1. The highest BCUT2D eigenvalue weighted by Gasteiger charge is 2.21. The molecule has 100 valence electrons. The van der Waals surface area contributed by atoms with Crippen LogP contribution >= 0.6 is 0 Å². The maximum atomic E-state index is 5.67. The van der Waals surface area contributed by atoms with Crippen LogP contribution in [0.1, 0.15) is 46.0 Å². The molecule has 2 unspecified atom stereocenters. The summed E-state index contributed by atoms with van der Waals surface area (Å²) in [6.45, 7) is 5.06. The van der Waals surface area contributed by atoms with Crippen LogP contribution in [0.2, 0.25) is 0 Å². The molecule has 1 saturated carbocycles. The second-order valence-corrected chi connectivity index (χ2v) is 5.21. The largest absolute Gasteiger partial charge is 0.492 e. The van der Waals surface area contributed by atoms with Crippen LogP contribution in [0.3, 0.4) is 0 Å². The molecule has 1 aliphatic rings. The van der Waals surface area contributed by atoms with Crippen molar-refractivity contribution in [2.24, 2.45) is 5.92 Å². The molecule has 2 heteroatoms. The van der Waals surface area contributed by atoms with Crippen molar-refractivity contribution >= 4 is 5.69 Å². The highest BCUT2D eigenvalue weighted by atomic mass is 16.5. The minimum absolute atomic E-state index is 0.616. The van der Waals surface area contributed by atoms with E-state index in [2.05, 4.69) is 24.4 Å². The lowest BCUT2D eigenvalue weighted by molar-refractivity contribution is 0.323. The predicted octanol–water partition coefficient (Wildman–Crippen LogP) is 4.47. The molecule has 1 aromatic carbocycles. The van der Waals surface area contributed by atoms with E-state index in [1.165, 1.54) is 32.1 Å². The van der Waals surface area contributed by atoms with Crippen molar-refractivity contribution in [2.45, 2.75) is 52.0 Å². The van der Waals surface area contributed by atoms with Gasteiger partial charge >= 0.3 is 0 Å². The third-order valence-corrected chi connectivity index (χ3v) is 3.91. The number of hydrogen-bond acceptors (Lipinski definition) is 2. The number of nitrogens with one attached hydrogen (secondary N) is 1. The molecule has 0 radical (unpaired) electrons. The van der Waals surface area contributed by atoms with Gasteiger partial charge in [-0.25, -0.2) is 0 Å². The molecule has 2 atom stereocenters. The zero-order valence-electron chi connectivity index (χ0n) is 11.6. The molecule has 2 rings (SSSR count). The zero-order chi connectivity index (χ0) is 12.8. The van der Waals surface area contributed by atoms with Crippen LogP contribution in [0.15, 0.2) is 24.3 Å². The molecule has 0 aromatic heterocycles. The van der Waals surface area contributed by atoms with Gasteiger partial charge in [0.2, 0.25) is 0 Å². The Hall–Kier alpha value is -1.18. The Labute approximate surface area is 111 Å². The van der Waals surface area contributed by atoms with E-state index < -0.39 is 0 Å². The van der Waals surface area contributed by atoms with Gasteiger partial charge in [-0.2, -0.15) is 0 Å². The highest BCUT2D eigenvalue weighted by molar-refractivity contribution is 5.56. The first kappa shape index (κ1) is 13.3. The van der Waals surface area contributed by atoms with E-state index in [-0.39, 0.29) is 0 Å². The molecule has 1 N–H and O–H groups in total. The summed E-state index contributed by atoms with van der Waals surface area (Å²) in [6.07, 6.45) is 6.66. The second-order valence-electron chi connectivity index (χ2n) is 5.21. The number of anilines is 1. The fourth-order valence-corrected chi connectivity index (χ4v) is 2.88. The van der Waals surface area contributed by atoms with Gasteiger partial charge in [-0.1, -0.05) is 38.3 Å². The zero-order valence-corrected chi connectivity index (χ0v) is 11.6. The third-order valence-electron chi connectivity index (χ3n) is 3.91. The maximum Gasteiger partial charge on any atom is 0.142 e. The van der Waals surface area contributed by atoms with Crippen LogP contribution in [0.4, 0.5) is 5.69 Å². The summed E-state index contributed by atoms with van der Waals surface area (Å²) in [5.74, 6) is 1.88. The summed E-state index contributed by atoms with van der Waals surface area (Å²) in [5.41, 5.74) is 1.15. The maximum absolute atomic E-state index is 5.67. The summed E-state index contributed by atoms with van der Waals surface area (Å²) in [7, 11) is 0. The van der Waals surface area contributed by atoms with Gasteiger partial charge in [-0.05, 0) is 37.8 Å². The molecule has 0 heterocycles. The van der Waals surface area contributed by atoms with Gasteiger partial charge in [-0.15, -0.1) is 0 Å². The molecular formula is C16H25NO. The first-order valence-electron chi connectivity index (χ1n) is 7.31. The first-order valence-corrected chi connectivity index (χ1v) is 7.31. The van der Waals surface area contributed by atoms with Gasteiger partial charge in [0.25, 0.3) is 0 Å². The van der Waals surface area contributed by atoms with Gasteiger partial charge in [-0.3, -0.25) is 0 Å². The predicted molar refractivity (Wildman–Crippen MR) is 77.3 cm³/mol. The van der Waals surface area contributed by atoms with E-state index in [0.29, 0.717) is 6.04 Å². The van der Waals surface area contributed by atoms with Crippen molar-refractivity contribution < 1.29 is 4.74 Å². The Balaban J connectivity index is 1.99. The smallest absolute Gasteiger partial charge is 0.142 e. The summed E-state index contributed by atoms with van der Waals surface area (Å²) >= 11 is 0. The van der Waals surface area contributed by atoms with E-state index in [4.69, 9.17) is 4.74 Å². The summed E-state index contributed by atoms with van der Waals surface area (Å²) in [5, 5.41) is 3.67. The number of rotatable bonds is 5. The molecule has 0 bridgehead atoms. The average Bonchev–Trinajstić information content (AvgIpc) is 2.41. The Morgan fingerprint density at radius 1 is 1.22 bits per heavy atom. The topological polar surface area (TPSA) is 21.3 Å². The Morgan fingerprint density at radius 2 is 2.06 bits per heavy atom. The molecule has 0 amide bonds. The average molecular weight is 247 g/mol. The Kier molecular flexibility index (Phi) is 4.91. The van der Waals surface area contributed by atoms with Crippen LogP contribution in [-0.4, -0.2) is 12.6 Å². The second kappa shape index (κ2) is 6.67. The molecule has 2 nitrogen and oxygen atoms in total. The van der Waals surface area contributed by atoms with E-state index >= 15 is 0 Å². The number of ether oxygens (including phenoxy) is 1. The van der Waals surface area contributed by atoms with Gasteiger partial charge < -0.3 is 10.1 Å². The van der Waals surface area contributed by atoms with Crippen LogP contribution < -0.4 is 10.1 Å². The van der Waals surface area contributed by atoms with E-state index in [1.54, 1.807) is 0 Å². The lowest BCUT2D eigenvalue weighted by Crippen LogP contribution is -2.27. The van der Waals surface area contributed by atoms with E-state index in [9.17, 15) is 0 Å². The molecule has 1 fully saturated rings. The quantitative estimate of drug-likeness (QED) is 0.829. The van der Waals surface area contributed by atoms with Gasteiger partial charge in [0.1, 0.15) is 5.75 Å². The molecule has 0 saturated heterocycles. The standard InChI is InChI=1S/C16H25NO/c1-3-13-8-7-9-14(12-13)17-15-10-5-6-11-16(15)18-4-2/h5-6,10-11,13-14,17H,3-4,7-9,12H2,1-2H3. The van der Waals surface area contributed by atoms with Crippen molar-refractivity contribution in [2.75, 3.05) is 11.9 Å². The lowest BCUT2D eigenvalue weighted by Gasteiger charge is -2.30. The third kappa shape index (κ3) is 3.41. The summed E-state index contributed by atoms with van der Waals surface area (Å²) in [4.78, 5) is 0. The molecule has 0 aliphatic heterocycles. The normalized spacial score (nSPS) is 23.7. The van der Waals surface area contributed by atoms with Crippen molar-refractivity contribution in [3.8, 4) is 5.75 Å². The number of benzene rings is 1. The van der Waals surface area contributed by atoms with Gasteiger partial charge in [0.15, 0.2) is 0 Å². The lowest BCUT2D eigenvalue weighted by atomic mass is 9.84. The Bertz CT molecular complexity index is 364. The van der Waals surface area contributed by atoms with Crippen molar-refractivity contribution in [3.63, 3.8) is 0 Å². The van der Waals surface area contributed by atoms with Crippen molar-refractivity contribution in [3.05, 3.63) is 24.3 Å². The minimum atomic E-state index is 0.616. The number of hydrogen-bond donors (Lipinski definition) is 1. The van der Waals surface area contributed by atoms with Crippen LogP contribution in [0.25, 0.3) is 0 Å². The highest BCUT2D eigenvalue weighted by Crippen LogP contribution is 2.31. The van der Waals surface area contributed by atoms with E-state index in [0.717, 1.165) is 24.0 Å². The molecule has 18 heavy (non-hydrogen) atoms. The van der Waals surface area contributed by atoms with Crippen molar-refractivity contribution in [1.29, 1.82) is 0 Å². The van der Waals surface area contributed by atoms with Crippen LogP contribution in [0.5, 0.6) is 5.75 Å². The van der Waals surface area contributed by atoms with Crippen LogP contribution in [0, 0.1) is 5.92 Å². The molecule has 0 spiro atoms. The molecular weight excluding hydrogens is 222 g/mol. The van der Waals surface area contributed by atoms with Crippen molar-refractivity contribution in [1.82, 2.24) is 0 Å². The summed E-state index contributed by atoms with van der Waals surface area (Å²) < 4.78 is 5.67. The fraction of sp³-hybridized carbons (Fsp3) is 0.625. The first-order chi connectivity index (χ1) is 8.83. The minimum Gasteiger partial charge on any atom is -0.492 e. The fourth-order valence-electron chi connectivity index (χ4n) is 2.88. The monoisotopic (exact) mass is 247 g/mol. The number of para-hydroxylation sites is 2. The molecule has 1 aromatic rings.